The molecule has 2 aromatic carbocycles. The summed E-state index contributed by atoms with van der Waals surface area (Å²) in [4.78, 5) is 22.5. The normalized spacial score (nSPS) is 10.5. The van der Waals surface area contributed by atoms with E-state index in [0.29, 0.717) is 22.1 Å². The molecular formula is C15H12ClN5O. The van der Waals surface area contributed by atoms with Crippen LogP contribution in [0.25, 0.3) is 11.4 Å². The Hall–Kier alpha value is -2.70. The maximum absolute atomic E-state index is 11.8. The summed E-state index contributed by atoms with van der Waals surface area (Å²) in [6.07, 6.45) is 0. The number of aromatic amines is 1. The van der Waals surface area contributed by atoms with Gasteiger partial charge in [-0.3, -0.25) is 4.98 Å². The van der Waals surface area contributed by atoms with Gasteiger partial charge in [0, 0.05) is 5.56 Å². The molecule has 1 heterocycles. The van der Waals surface area contributed by atoms with Crippen LogP contribution in [0, 0.1) is 0 Å². The van der Waals surface area contributed by atoms with Crippen LogP contribution in [0.15, 0.2) is 59.4 Å². The van der Waals surface area contributed by atoms with Crippen LogP contribution in [-0.4, -0.2) is 15.0 Å². The third-order valence-electron chi connectivity index (χ3n) is 3.02. The van der Waals surface area contributed by atoms with Crippen LogP contribution in [0.4, 0.5) is 11.6 Å². The quantitative estimate of drug-likeness (QED) is 0.573. The molecular weight excluding hydrogens is 302 g/mol. The third kappa shape index (κ3) is 2.83. The molecule has 0 fully saturated rings. The molecule has 1 aromatic heterocycles. The molecule has 3 aromatic rings. The number of hydrazine groups is 1. The monoisotopic (exact) mass is 313 g/mol. The molecule has 0 unspecified atom stereocenters. The number of nitrogens with zero attached hydrogens (tertiary/aromatic N) is 3. The summed E-state index contributed by atoms with van der Waals surface area (Å²) in [7, 11) is 0. The van der Waals surface area contributed by atoms with Crippen LogP contribution in [0.5, 0.6) is 0 Å². The Kier molecular flexibility index (Phi) is 3.86. The van der Waals surface area contributed by atoms with Crippen LogP contribution in [-0.2, 0) is 0 Å². The van der Waals surface area contributed by atoms with E-state index in [1.807, 2.05) is 18.2 Å². The second-order valence-corrected chi connectivity index (χ2v) is 4.89. The fraction of sp³-hybridized carbons (Fsp3) is 0. The van der Waals surface area contributed by atoms with Gasteiger partial charge in [0.2, 0.25) is 0 Å². The molecule has 22 heavy (non-hydrogen) atoms. The summed E-state index contributed by atoms with van der Waals surface area (Å²) in [5.41, 5.74) is 0.718. The minimum absolute atomic E-state index is 0.0878. The van der Waals surface area contributed by atoms with Crippen molar-refractivity contribution in [2.24, 2.45) is 5.84 Å². The Morgan fingerprint density at radius 1 is 1.00 bits per heavy atom. The van der Waals surface area contributed by atoms with Crippen LogP contribution in [0.2, 0.25) is 5.02 Å². The first-order chi connectivity index (χ1) is 10.6. The molecule has 0 saturated heterocycles. The van der Waals surface area contributed by atoms with Crippen LogP contribution >= 0.6 is 11.6 Å². The lowest BCUT2D eigenvalue weighted by Gasteiger charge is -2.16. The molecule has 0 aliphatic rings. The molecule has 0 bridgehead atoms. The minimum atomic E-state index is -0.550. The van der Waals surface area contributed by atoms with E-state index in [2.05, 4.69) is 15.0 Å². The third-order valence-corrected chi connectivity index (χ3v) is 3.35. The predicted octanol–water partition coefficient (Wildman–Crippen LogP) is 2.50. The van der Waals surface area contributed by atoms with Gasteiger partial charge in [0.15, 0.2) is 0 Å². The number of halogens is 1. The summed E-state index contributed by atoms with van der Waals surface area (Å²) in [6.45, 7) is 0. The van der Waals surface area contributed by atoms with E-state index >= 15 is 0 Å². The number of aromatic nitrogens is 3. The van der Waals surface area contributed by atoms with Crippen molar-refractivity contribution in [3.05, 3.63) is 70.1 Å². The van der Waals surface area contributed by atoms with Crippen LogP contribution < -0.4 is 16.5 Å². The van der Waals surface area contributed by atoms with Gasteiger partial charge < -0.3 is 0 Å². The number of nitrogens with two attached hydrogens (primary N) is 1. The lowest BCUT2D eigenvalue weighted by molar-refractivity contribution is 0.918. The smallest absolute Gasteiger partial charge is 0.290 e. The lowest BCUT2D eigenvalue weighted by atomic mass is 10.2. The topological polar surface area (TPSA) is 87.9 Å². The van der Waals surface area contributed by atoms with Gasteiger partial charge in [-0.1, -0.05) is 41.9 Å². The second-order valence-electron chi connectivity index (χ2n) is 4.49. The van der Waals surface area contributed by atoms with Crippen molar-refractivity contribution in [1.82, 2.24) is 15.0 Å². The molecule has 7 heteroatoms. The molecule has 0 aliphatic carbocycles. The van der Waals surface area contributed by atoms with Gasteiger partial charge in [0.05, 0.1) is 10.7 Å². The van der Waals surface area contributed by atoms with Crippen molar-refractivity contribution in [2.75, 3.05) is 5.01 Å². The van der Waals surface area contributed by atoms with Gasteiger partial charge >= 0.3 is 5.69 Å². The summed E-state index contributed by atoms with van der Waals surface area (Å²) >= 11 is 6.13. The van der Waals surface area contributed by atoms with Crippen LogP contribution in [0.3, 0.4) is 0 Å². The van der Waals surface area contributed by atoms with E-state index < -0.39 is 5.69 Å². The molecule has 3 N–H and O–H groups in total. The number of H-pyrrole nitrogens is 1. The highest BCUT2D eigenvalue weighted by Gasteiger charge is 2.13. The summed E-state index contributed by atoms with van der Waals surface area (Å²) < 4.78 is 0. The van der Waals surface area contributed by atoms with E-state index in [1.54, 1.807) is 36.4 Å². The van der Waals surface area contributed by atoms with Gasteiger partial charge in [-0.25, -0.2) is 15.6 Å². The van der Waals surface area contributed by atoms with E-state index in [0.717, 1.165) is 0 Å². The first-order valence-corrected chi connectivity index (χ1v) is 6.86. The van der Waals surface area contributed by atoms with Crippen molar-refractivity contribution in [2.45, 2.75) is 0 Å². The zero-order chi connectivity index (χ0) is 15.5. The predicted molar refractivity (Wildman–Crippen MR) is 85.9 cm³/mol. The maximum Gasteiger partial charge on any atom is 0.349 e. The Morgan fingerprint density at radius 2 is 1.68 bits per heavy atom. The van der Waals surface area contributed by atoms with Crippen molar-refractivity contribution in [3.8, 4) is 11.4 Å². The summed E-state index contributed by atoms with van der Waals surface area (Å²) in [5.74, 6) is 6.39. The summed E-state index contributed by atoms with van der Waals surface area (Å²) in [5, 5.41) is 1.72. The number of nitrogens with one attached hydrogen (secondary N) is 1. The van der Waals surface area contributed by atoms with Crippen molar-refractivity contribution in [3.63, 3.8) is 0 Å². The highest BCUT2D eigenvalue weighted by molar-refractivity contribution is 6.33. The molecule has 6 nitrogen and oxygen atoms in total. The Labute approximate surface area is 131 Å². The molecule has 3 rings (SSSR count). The maximum atomic E-state index is 11.8. The highest BCUT2D eigenvalue weighted by Crippen LogP contribution is 2.25. The first-order valence-electron chi connectivity index (χ1n) is 6.48. The van der Waals surface area contributed by atoms with E-state index in [-0.39, 0.29) is 5.95 Å². The number of benzene rings is 2. The molecule has 110 valence electrons. The van der Waals surface area contributed by atoms with E-state index in [4.69, 9.17) is 17.4 Å². The largest absolute Gasteiger partial charge is 0.349 e. The molecule has 0 amide bonds. The van der Waals surface area contributed by atoms with E-state index in [1.165, 1.54) is 5.01 Å². The van der Waals surface area contributed by atoms with Crippen molar-refractivity contribution >= 4 is 23.2 Å². The fourth-order valence-corrected chi connectivity index (χ4v) is 2.19. The molecule has 0 radical (unpaired) electrons. The Bertz CT molecular complexity index is 850. The molecule has 0 atom stereocenters. The average Bonchev–Trinajstić information content (AvgIpc) is 2.55. The first kappa shape index (κ1) is 14.2. The van der Waals surface area contributed by atoms with Crippen molar-refractivity contribution < 1.29 is 0 Å². The zero-order valence-electron chi connectivity index (χ0n) is 11.4. The highest BCUT2D eigenvalue weighted by atomic mass is 35.5. The van der Waals surface area contributed by atoms with Gasteiger partial charge in [-0.05, 0) is 24.3 Å². The van der Waals surface area contributed by atoms with Crippen molar-refractivity contribution in [1.29, 1.82) is 0 Å². The number of rotatable bonds is 3. The summed E-state index contributed by atoms with van der Waals surface area (Å²) in [6, 6.07) is 16.2. The second kappa shape index (κ2) is 5.97. The number of hydrogen-bond donors (Lipinski definition) is 2. The standard InChI is InChI=1S/C15H12ClN5O/c16-12-9-5-4-8-11(12)13-18-14(20-15(22)19-13)21(17)10-6-2-1-3-7-10/h1-9H,17H2,(H,18,19,20,22). The fourth-order valence-electron chi connectivity index (χ4n) is 1.97. The van der Waals surface area contributed by atoms with Gasteiger partial charge in [-0.2, -0.15) is 9.97 Å². The van der Waals surface area contributed by atoms with Gasteiger partial charge in [-0.15, -0.1) is 0 Å². The zero-order valence-corrected chi connectivity index (χ0v) is 12.2. The SMILES string of the molecule is NN(c1ccccc1)c1nc(-c2ccccc2Cl)[nH]c(=O)n1. The average molecular weight is 314 g/mol. The molecule has 0 aliphatic heterocycles. The number of anilines is 2. The minimum Gasteiger partial charge on any atom is -0.290 e. The number of hydrogen-bond acceptors (Lipinski definition) is 5. The Morgan fingerprint density at radius 3 is 2.41 bits per heavy atom. The van der Waals surface area contributed by atoms with Gasteiger partial charge in [0.25, 0.3) is 5.95 Å². The number of para-hydroxylation sites is 1. The lowest BCUT2D eigenvalue weighted by Crippen LogP contribution is -2.30. The molecule has 0 saturated carbocycles. The van der Waals surface area contributed by atoms with Gasteiger partial charge in [0.1, 0.15) is 5.82 Å². The van der Waals surface area contributed by atoms with E-state index in [9.17, 15) is 4.79 Å². The Balaban J connectivity index is 2.08. The van der Waals surface area contributed by atoms with Crippen LogP contribution in [0.1, 0.15) is 0 Å². The molecule has 0 spiro atoms.